The van der Waals surface area contributed by atoms with Gasteiger partial charge < -0.3 is 11.1 Å². The lowest BCUT2D eigenvalue weighted by molar-refractivity contribution is -0.120. The minimum atomic E-state index is -3.32. The van der Waals surface area contributed by atoms with Gasteiger partial charge in [-0.05, 0) is 26.0 Å². The number of anilines is 1. The van der Waals surface area contributed by atoms with Gasteiger partial charge in [-0.25, -0.2) is 13.4 Å². The number of halogens is 2. The minimum Gasteiger partial charge on any atom is -0.323 e. The first-order valence-corrected chi connectivity index (χ1v) is 6.76. The summed E-state index contributed by atoms with van der Waals surface area (Å²) in [7, 11) is -3.32. The molecule has 110 valence electrons. The van der Waals surface area contributed by atoms with Gasteiger partial charge in [-0.2, -0.15) is 0 Å². The second-order valence-corrected chi connectivity index (χ2v) is 6.30. The molecule has 1 amide bonds. The van der Waals surface area contributed by atoms with Gasteiger partial charge in [-0.3, -0.25) is 4.79 Å². The number of hydrogen-bond donors (Lipinski definition) is 2. The smallest absolute Gasteiger partial charge is 0.243 e. The van der Waals surface area contributed by atoms with Crippen molar-refractivity contribution in [3.05, 3.63) is 18.3 Å². The normalized spacial score (nSPS) is 10.9. The topological polar surface area (TPSA) is 102 Å². The average Bonchev–Trinajstić information content (AvgIpc) is 2.15. The van der Waals surface area contributed by atoms with Crippen LogP contribution in [0.15, 0.2) is 23.4 Å². The Labute approximate surface area is 124 Å². The summed E-state index contributed by atoms with van der Waals surface area (Å²) < 4.78 is 22.3. The SMILES string of the molecule is CC(C)(N)C(=O)Nc1ccc(S(C)(=O)=O)nc1.Cl.Cl. The molecular weight excluding hydrogens is 313 g/mol. The summed E-state index contributed by atoms with van der Waals surface area (Å²) >= 11 is 0. The Bertz CT molecular complexity index is 524. The van der Waals surface area contributed by atoms with Crippen LogP contribution in [0.4, 0.5) is 5.69 Å². The van der Waals surface area contributed by atoms with E-state index in [-0.39, 0.29) is 35.7 Å². The van der Waals surface area contributed by atoms with Crippen LogP contribution in [-0.2, 0) is 14.6 Å². The zero-order chi connectivity index (χ0) is 13.3. The second kappa shape index (κ2) is 7.04. The number of carbonyl (C=O) groups excluding carboxylic acids is 1. The zero-order valence-electron chi connectivity index (χ0n) is 10.7. The molecule has 0 saturated heterocycles. The first kappa shape index (κ1) is 20.4. The summed E-state index contributed by atoms with van der Waals surface area (Å²) in [6, 6.07) is 2.79. The summed E-state index contributed by atoms with van der Waals surface area (Å²) in [5.74, 6) is -0.369. The number of hydrogen-bond acceptors (Lipinski definition) is 5. The Morgan fingerprint density at radius 3 is 2.16 bits per heavy atom. The van der Waals surface area contributed by atoms with Crippen molar-refractivity contribution >= 4 is 46.2 Å². The van der Waals surface area contributed by atoms with E-state index < -0.39 is 15.4 Å². The number of rotatable bonds is 3. The van der Waals surface area contributed by atoms with Gasteiger partial charge in [0.1, 0.15) is 0 Å². The molecule has 0 fully saturated rings. The number of nitrogens with two attached hydrogens (primary N) is 1. The number of sulfone groups is 1. The molecule has 3 N–H and O–H groups in total. The van der Waals surface area contributed by atoms with Gasteiger partial charge in [0, 0.05) is 6.26 Å². The molecule has 1 rings (SSSR count). The van der Waals surface area contributed by atoms with Crippen LogP contribution in [-0.4, -0.2) is 31.1 Å². The zero-order valence-corrected chi connectivity index (χ0v) is 13.2. The molecule has 0 radical (unpaired) electrons. The molecule has 0 bridgehead atoms. The van der Waals surface area contributed by atoms with Gasteiger partial charge in [-0.1, -0.05) is 0 Å². The Hall–Kier alpha value is -0.890. The highest BCUT2D eigenvalue weighted by atomic mass is 35.5. The van der Waals surface area contributed by atoms with Gasteiger partial charge in [0.2, 0.25) is 5.91 Å². The summed E-state index contributed by atoms with van der Waals surface area (Å²) in [6.45, 7) is 3.14. The predicted molar refractivity (Wildman–Crippen MR) is 78.7 cm³/mol. The number of amides is 1. The molecule has 0 atom stereocenters. The van der Waals surface area contributed by atoms with Gasteiger partial charge >= 0.3 is 0 Å². The molecular formula is C10H17Cl2N3O3S. The highest BCUT2D eigenvalue weighted by Gasteiger charge is 2.21. The van der Waals surface area contributed by atoms with Crippen LogP contribution in [0.2, 0.25) is 0 Å². The predicted octanol–water partition coefficient (Wildman–Crippen LogP) is 1.00. The fraction of sp³-hybridized carbons (Fsp3) is 0.400. The molecule has 0 aliphatic heterocycles. The van der Waals surface area contributed by atoms with Gasteiger partial charge in [0.05, 0.1) is 17.4 Å². The highest BCUT2D eigenvalue weighted by molar-refractivity contribution is 7.90. The van der Waals surface area contributed by atoms with Crippen LogP contribution in [0.25, 0.3) is 0 Å². The van der Waals surface area contributed by atoms with Crippen LogP contribution in [0, 0.1) is 0 Å². The van der Waals surface area contributed by atoms with E-state index in [1.807, 2.05) is 0 Å². The maximum Gasteiger partial charge on any atom is 0.243 e. The lowest BCUT2D eigenvalue weighted by Crippen LogP contribution is -2.45. The molecule has 0 saturated carbocycles. The minimum absolute atomic E-state index is 0. The molecule has 0 aliphatic carbocycles. The summed E-state index contributed by atoms with van der Waals surface area (Å²) in [5, 5.41) is 2.50. The van der Waals surface area contributed by atoms with E-state index in [0.29, 0.717) is 5.69 Å². The first-order valence-electron chi connectivity index (χ1n) is 4.87. The van der Waals surface area contributed by atoms with Crippen LogP contribution in [0.3, 0.4) is 0 Å². The number of aromatic nitrogens is 1. The third-order valence-electron chi connectivity index (χ3n) is 1.96. The van der Waals surface area contributed by atoms with E-state index in [4.69, 9.17) is 5.73 Å². The largest absolute Gasteiger partial charge is 0.323 e. The first-order chi connectivity index (χ1) is 7.60. The van der Waals surface area contributed by atoms with E-state index in [2.05, 4.69) is 10.3 Å². The van der Waals surface area contributed by atoms with Crippen LogP contribution in [0.1, 0.15) is 13.8 Å². The quantitative estimate of drug-likeness (QED) is 0.861. The van der Waals surface area contributed by atoms with E-state index in [9.17, 15) is 13.2 Å². The fourth-order valence-electron chi connectivity index (χ4n) is 0.966. The monoisotopic (exact) mass is 329 g/mol. The summed E-state index contributed by atoms with van der Waals surface area (Å²) in [5.41, 5.74) is 5.00. The Balaban J connectivity index is 0. The van der Waals surface area contributed by atoms with Gasteiger partial charge in [0.25, 0.3) is 0 Å². The lowest BCUT2D eigenvalue weighted by Gasteiger charge is -2.17. The second-order valence-electron chi connectivity index (χ2n) is 4.33. The van der Waals surface area contributed by atoms with Gasteiger partial charge in [-0.15, -0.1) is 24.8 Å². The Morgan fingerprint density at radius 2 is 1.84 bits per heavy atom. The van der Waals surface area contributed by atoms with Crippen molar-refractivity contribution in [3.63, 3.8) is 0 Å². The molecule has 19 heavy (non-hydrogen) atoms. The summed E-state index contributed by atoms with van der Waals surface area (Å²) in [6.07, 6.45) is 2.34. The maximum atomic E-state index is 11.5. The van der Waals surface area contributed by atoms with Gasteiger partial charge in [0.15, 0.2) is 14.9 Å². The maximum absolute atomic E-state index is 11.5. The Kier molecular flexibility index (Phi) is 7.57. The lowest BCUT2D eigenvalue weighted by atomic mass is 10.1. The van der Waals surface area contributed by atoms with Crippen molar-refractivity contribution in [1.29, 1.82) is 0 Å². The molecule has 0 aromatic carbocycles. The Morgan fingerprint density at radius 1 is 1.32 bits per heavy atom. The fourth-order valence-corrected chi connectivity index (χ4v) is 1.53. The molecule has 1 aromatic rings. The third kappa shape index (κ3) is 6.20. The average molecular weight is 330 g/mol. The summed E-state index contributed by atoms with van der Waals surface area (Å²) in [4.78, 5) is 15.3. The third-order valence-corrected chi connectivity index (χ3v) is 2.96. The molecule has 0 unspecified atom stereocenters. The van der Waals surface area contributed by atoms with Crippen molar-refractivity contribution in [3.8, 4) is 0 Å². The standard InChI is InChI=1S/C10H15N3O3S.2ClH/c1-10(2,11)9(14)13-7-4-5-8(12-6-7)17(3,15)16;;/h4-6H,11H2,1-3H3,(H,13,14);2*1H. The van der Waals surface area contributed by atoms with E-state index in [0.717, 1.165) is 6.26 Å². The number of pyridine rings is 1. The number of nitrogens with one attached hydrogen (secondary N) is 1. The highest BCUT2D eigenvalue weighted by Crippen LogP contribution is 2.11. The van der Waals surface area contributed by atoms with Crippen LogP contribution < -0.4 is 11.1 Å². The van der Waals surface area contributed by atoms with Crippen molar-refractivity contribution in [2.75, 3.05) is 11.6 Å². The van der Waals surface area contributed by atoms with E-state index in [1.165, 1.54) is 18.3 Å². The molecule has 0 spiro atoms. The van der Waals surface area contributed by atoms with E-state index >= 15 is 0 Å². The van der Waals surface area contributed by atoms with Crippen molar-refractivity contribution in [1.82, 2.24) is 4.98 Å². The number of nitrogens with zero attached hydrogens (tertiary/aromatic N) is 1. The molecule has 9 heteroatoms. The molecule has 6 nitrogen and oxygen atoms in total. The van der Waals surface area contributed by atoms with Crippen molar-refractivity contribution < 1.29 is 13.2 Å². The molecule has 0 aliphatic rings. The van der Waals surface area contributed by atoms with Crippen LogP contribution >= 0.6 is 24.8 Å². The van der Waals surface area contributed by atoms with E-state index in [1.54, 1.807) is 13.8 Å². The number of carbonyl (C=O) groups is 1. The van der Waals surface area contributed by atoms with Crippen LogP contribution in [0.5, 0.6) is 0 Å². The van der Waals surface area contributed by atoms with Crippen molar-refractivity contribution in [2.24, 2.45) is 5.73 Å². The molecule has 1 heterocycles. The molecule has 1 aromatic heterocycles. The van der Waals surface area contributed by atoms with Crippen molar-refractivity contribution in [2.45, 2.75) is 24.4 Å².